The Labute approximate surface area is 125 Å². The topological polar surface area (TPSA) is 71.2 Å². The molecule has 1 saturated carbocycles. The number of hydrogen-bond acceptors (Lipinski definition) is 4. The Morgan fingerprint density at radius 2 is 2.14 bits per heavy atom. The van der Waals surface area contributed by atoms with Crippen molar-refractivity contribution in [2.24, 2.45) is 11.7 Å². The number of aromatic nitrogens is 1. The number of pyridine rings is 1. The zero-order valence-corrected chi connectivity index (χ0v) is 12.4. The van der Waals surface area contributed by atoms with Crippen LogP contribution in [-0.4, -0.2) is 36.6 Å². The van der Waals surface area contributed by atoms with Crippen LogP contribution in [0.1, 0.15) is 42.5 Å². The number of nitrogens with zero attached hydrogens (tertiary/aromatic N) is 2. The van der Waals surface area contributed by atoms with E-state index in [1.165, 1.54) is 12.8 Å². The molecule has 1 aromatic rings. The molecule has 2 atom stereocenters. The lowest BCUT2D eigenvalue weighted by Crippen LogP contribution is -2.40. The van der Waals surface area contributed by atoms with E-state index in [4.69, 9.17) is 5.73 Å². The molecule has 0 bridgehead atoms. The summed E-state index contributed by atoms with van der Waals surface area (Å²) in [4.78, 5) is 19.3. The maximum atomic E-state index is 12.6. The fraction of sp³-hybridized carbons (Fsp3) is 0.625. The number of amides is 1. The lowest BCUT2D eigenvalue weighted by atomic mass is 10.0. The van der Waals surface area contributed by atoms with Gasteiger partial charge >= 0.3 is 0 Å². The molecular formula is C16H24N4O. The Bertz CT molecular complexity index is 499. The van der Waals surface area contributed by atoms with Crippen LogP contribution in [-0.2, 0) is 0 Å². The van der Waals surface area contributed by atoms with Gasteiger partial charge in [0.25, 0.3) is 5.91 Å². The van der Waals surface area contributed by atoms with E-state index in [9.17, 15) is 4.79 Å². The average molecular weight is 288 g/mol. The molecule has 1 aromatic heterocycles. The minimum absolute atomic E-state index is 0.00431. The van der Waals surface area contributed by atoms with Crippen LogP contribution in [0.3, 0.4) is 0 Å². The molecule has 2 unspecified atom stereocenters. The number of rotatable bonds is 4. The number of nitrogens with two attached hydrogens (primary N) is 1. The van der Waals surface area contributed by atoms with Crippen LogP contribution < -0.4 is 16.0 Å². The Balaban J connectivity index is 1.75. The van der Waals surface area contributed by atoms with Crippen LogP contribution in [0, 0.1) is 5.92 Å². The van der Waals surface area contributed by atoms with Gasteiger partial charge in [0.15, 0.2) is 0 Å². The highest BCUT2D eigenvalue weighted by Crippen LogP contribution is 2.26. The molecule has 2 aliphatic rings. The van der Waals surface area contributed by atoms with Gasteiger partial charge in [-0.05, 0) is 50.3 Å². The first kappa shape index (κ1) is 14.3. The highest BCUT2D eigenvalue weighted by atomic mass is 16.1. The van der Waals surface area contributed by atoms with Gasteiger partial charge in [0.1, 0.15) is 5.82 Å². The molecule has 3 N–H and O–H groups in total. The number of carbonyl (C=O) groups is 1. The van der Waals surface area contributed by atoms with E-state index in [1.807, 2.05) is 12.1 Å². The van der Waals surface area contributed by atoms with Gasteiger partial charge < -0.3 is 16.0 Å². The highest BCUT2D eigenvalue weighted by Gasteiger charge is 2.29. The Morgan fingerprint density at radius 1 is 1.33 bits per heavy atom. The Morgan fingerprint density at radius 3 is 2.90 bits per heavy atom. The summed E-state index contributed by atoms with van der Waals surface area (Å²) in [5, 5.41) is 3.17. The third kappa shape index (κ3) is 3.02. The summed E-state index contributed by atoms with van der Waals surface area (Å²) in [6, 6.07) is 3.93. The summed E-state index contributed by atoms with van der Waals surface area (Å²) in [6.45, 7) is 2.63. The van der Waals surface area contributed by atoms with Gasteiger partial charge in [0, 0.05) is 25.3 Å². The second-order valence-corrected chi connectivity index (χ2v) is 6.08. The predicted octanol–water partition coefficient (Wildman–Crippen LogP) is 1.54. The minimum atomic E-state index is -0.00431. The molecule has 2 fully saturated rings. The third-order valence-electron chi connectivity index (χ3n) is 4.72. The number of anilines is 1. The zero-order valence-electron chi connectivity index (χ0n) is 12.4. The molecular weight excluding hydrogens is 264 g/mol. The molecule has 114 valence electrons. The molecule has 1 aliphatic carbocycles. The van der Waals surface area contributed by atoms with E-state index in [0.717, 1.165) is 38.2 Å². The molecule has 0 aromatic carbocycles. The number of hydrogen-bond donors (Lipinski definition) is 2. The fourth-order valence-corrected chi connectivity index (χ4v) is 3.51. The normalized spacial score (nSPS) is 25.3. The lowest BCUT2D eigenvalue weighted by Gasteiger charge is -2.22. The van der Waals surface area contributed by atoms with E-state index >= 15 is 0 Å². The van der Waals surface area contributed by atoms with E-state index in [2.05, 4.69) is 15.2 Å². The largest absolute Gasteiger partial charge is 0.356 e. The summed E-state index contributed by atoms with van der Waals surface area (Å²) in [5.74, 6) is 1.24. The molecule has 1 amide bonds. The quantitative estimate of drug-likeness (QED) is 0.881. The first-order valence-electron chi connectivity index (χ1n) is 8.00. The van der Waals surface area contributed by atoms with Gasteiger partial charge in [0.2, 0.25) is 0 Å². The summed E-state index contributed by atoms with van der Waals surface area (Å²) in [5.41, 5.74) is 6.49. The average Bonchev–Trinajstić information content (AvgIpc) is 3.18. The van der Waals surface area contributed by atoms with Crippen molar-refractivity contribution in [3.8, 4) is 0 Å². The summed E-state index contributed by atoms with van der Waals surface area (Å²) in [7, 11) is 0. The summed E-state index contributed by atoms with van der Waals surface area (Å²) >= 11 is 0. The molecule has 2 heterocycles. The van der Waals surface area contributed by atoms with E-state index in [1.54, 1.807) is 6.20 Å². The van der Waals surface area contributed by atoms with Crippen LogP contribution in [0.25, 0.3) is 0 Å². The standard InChI is InChI=1S/C16H24N4O/c17-11-12-5-3-7-14(12)19-16(21)13-6-4-8-18-15(13)20-9-1-2-10-20/h4,6,8,12,14H,1-3,5,7,9-11,17H2,(H,19,21). The minimum Gasteiger partial charge on any atom is -0.356 e. The van der Waals surface area contributed by atoms with Gasteiger partial charge in [0.05, 0.1) is 5.56 Å². The van der Waals surface area contributed by atoms with Crippen molar-refractivity contribution < 1.29 is 4.79 Å². The molecule has 5 nitrogen and oxygen atoms in total. The first-order chi connectivity index (χ1) is 10.3. The second kappa shape index (κ2) is 6.43. The molecule has 5 heteroatoms. The SMILES string of the molecule is NCC1CCCC1NC(=O)c1cccnc1N1CCCC1. The summed E-state index contributed by atoms with van der Waals surface area (Å²) < 4.78 is 0. The zero-order chi connectivity index (χ0) is 14.7. The van der Waals surface area contributed by atoms with E-state index in [-0.39, 0.29) is 11.9 Å². The van der Waals surface area contributed by atoms with Crippen molar-refractivity contribution in [1.29, 1.82) is 0 Å². The van der Waals surface area contributed by atoms with E-state index in [0.29, 0.717) is 18.0 Å². The maximum absolute atomic E-state index is 12.6. The van der Waals surface area contributed by atoms with E-state index < -0.39 is 0 Å². The van der Waals surface area contributed by atoms with Gasteiger partial charge in [-0.15, -0.1) is 0 Å². The molecule has 0 radical (unpaired) electrons. The van der Waals surface area contributed by atoms with Crippen molar-refractivity contribution in [2.75, 3.05) is 24.5 Å². The van der Waals surface area contributed by atoms with Crippen LogP contribution >= 0.6 is 0 Å². The third-order valence-corrected chi connectivity index (χ3v) is 4.72. The molecule has 3 rings (SSSR count). The van der Waals surface area contributed by atoms with Gasteiger partial charge in [-0.1, -0.05) is 6.42 Å². The van der Waals surface area contributed by atoms with Gasteiger partial charge in [-0.25, -0.2) is 4.98 Å². The number of nitrogens with one attached hydrogen (secondary N) is 1. The van der Waals surface area contributed by atoms with Crippen LogP contribution in [0.2, 0.25) is 0 Å². The molecule has 0 spiro atoms. The molecule has 1 saturated heterocycles. The summed E-state index contributed by atoms with van der Waals surface area (Å²) in [6.07, 6.45) is 7.42. The second-order valence-electron chi connectivity index (χ2n) is 6.08. The Kier molecular flexibility index (Phi) is 4.39. The predicted molar refractivity (Wildman–Crippen MR) is 83.3 cm³/mol. The van der Waals surface area contributed by atoms with Crippen LogP contribution in [0.15, 0.2) is 18.3 Å². The fourth-order valence-electron chi connectivity index (χ4n) is 3.51. The van der Waals surface area contributed by atoms with Gasteiger partial charge in [-0.3, -0.25) is 4.79 Å². The lowest BCUT2D eigenvalue weighted by molar-refractivity contribution is 0.0929. The molecule has 1 aliphatic heterocycles. The first-order valence-corrected chi connectivity index (χ1v) is 8.00. The Hall–Kier alpha value is -1.62. The number of carbonyl (C=O) groups excluding carboxylic acids is 1. The van der Waals surface area contributed by atoms with Crippen LogP contribution in [0.5, 0.6) is 0 Å². The van der Waals surface area contributed by atoms with Crippen molar-refractivity contribution >= 4 is 11.7 Å². The smallest absolute Gasteiger partial charge is 0.255 e. The van der Waals surface area contributed by atoms with Crippen molar-refractivity contribution in [3.05, 3.63) is 23.9 Å². The highest BCUT2D eigenvalue weighted by molar-refractivity contribution is 5.99. The van der Waals surface area contributed by atoms with Crippen molar-refractivity contribution in [2.45, 2.75) is 38.1 Å². The van der Waals surface area contributed by atoms with Crippen molar-refractivity contribution in [1.82, 2.24) is 10.3 Å². The maximum Gasteiger partial charge on any atom is 0.255 e. The van der Waals surface area contributed by atoms with Gasteiger partial charge in [-0.2, -0.15) is 0 Å². The van der Waals surface area contributed by atoms with Crippen LogP contribution in [0.4, 0.5) is 5.82 Å². The monoisotopic (exact) mass is 288 g/mol. The molecule has 21 heavy (non-hydrogen) atoms. The van der Waals surface area contributed by atoms with Crippen molar-refractivity contribution in [3.63, 3.8) is 0 Å².